The van der Waals surface area contributed by atoms with Crippen molar-refractivity contribution in [2.75, 3.05) is 19.6 Å². The van der Waals surface area contributed by atoms with E-state index < -0.39 is 0 Å². The third kappa shape index (κ3) is 3.08. The minimum atomic E-state index is -0.309. The highest BCUT2D eigenvalue weighted by atomic mass is 16.6. The Labute approximate surface area is 113 Å². The van der Waals surface area contributed by atoms with Crippen LogP contribution in [-0.2, 0) is 6.54 Å². The van der Waals surface area contributed by atoms with Crippen molar-refractivity contribution in [1.29, 1.82) is 0 Å². The van der Waals surface area contributed by atoms with Crippen molar-refractivity contribution in [3.63, 3.8) is 0 Å². The number of rotatable bonds is 3. The number of hydrogen-bond donors (Lipinski definition) is 1. The lowest BCUT2D eigenvalue weighted by atomic mass is 10.1. The van der Waals surface area contributed by atoms with Crippen molar-refractivity contribution < 1.29 is 4.92 Å². The van der Waals surface area contributed by atoms with Crippen LogP contribution in [0.5, 0.6) is 0 Å². The number of nitro groups is 1. The smallest absolute Gasteiger partial charge is 0.278 e. The molecule has 6 nitrogen and oxygen atoms in total. The summed E-state index contributed by atoms with van der Waals surface area (Å²) in [7, 11) is 0. The first-order valence-corrected chi connectivity index (χ1v) is 6.54. The van der Waals surface area contributed by atoms with E-state index >= 15 is 0 Å². The number of pyridine rings is 1. The summed E-state index contributed by atoms with van der Waals surface area (Å²) >= 11 is 0. The van der Waals surface area contributed by atoms with Gasteiger partial charge in [-0.15, -0.1) is 0 Å². The highest BCUT2D eigenvalue weighted by Crippen LogP contribution is 2.24. The number of aromatic nitrogens is 1. The summed E-state index contributed by atoms with van der Waals surface area (Å²) in [4.78, 5) is 17.4. The number of hydrogen-bond acceptors (Lipinski definition) is 5. The average Bonchev–Trinajstić information content (AvgIpc) is 2.32. The normalized spacial score (nSPS) is 20.5. The maximum absolute atomic E-state index is 11.1. The number of aryl methyl sites for hydroxylation is 1. The predicted octanol–water partition coefficient (Wildman–Crippen LogP) is 1.40. The Morgan fingerprint density at radius 1 is 1.58 bits per heavy atom. The monoisotopic (exact) mass is 264 g/mol. The minimum absolute atomic E-state index is 0.202. The quantitative estimate of drug-likeness (QED) is 0.660. The predicted molar refractivity (Wildman–Crippen MR) is 73.1 cm³/mol. The van der Waals surface area contributed by atoms with Crippen LogP contribution in [0.1, 0.15) is 23.7 Å². The first-order valence-electron chi connectivity index (χ1n) is 6.54. The van der Waals surface area contributed by atoms with Gasteiger partial charge in [-0.2, -0.15) is 0 Å². The molecular formula is C13H20N4O2. The van der Waals surface area contributed by atoms with Crippen molar-refractivity contribution in [3.05, 3.63) is 33.1 Å². The van der Waals surface area contributed by atoms with Gasteiger partial charge in [-0.1, -0.05) is 0 Å². The van der Waals surface area contributed by atoms with Gasteiger partial charge in [0.25, 0.3) is 5.69 Å². The molecule has 1 atom stereocenters. The third-order valence-corrected chi connectivity index (χ3v) is 3.58. The third-order valence-electron chi connectivity index (χ3n) is 3.58. The highest BCUT2D eigenvalue weighted by Gasteiger charge is 2.22. The van der Waals surface area contributed by atoms with Crippen LogP contribution in [0.4, 0.5) is 5.69 Å². The second kappa shape index (κ2) is 5.63. The van der Waals surface area contributed by atoms with E-state index in [1.807, 2.05) is 0 Å². The fraction of sp³-hybridized carbons (Fsp3) is 0.615. The van der Waals surface area contributed by atoms with Gasteiger partial charge in [-0.25, -0.2) is 0 Å². The SMILES string of the molecule is Cc1cnc(CN2CCNC(C)C2)c(C)c1[N+](=O)[O-]. The first-order chi connectivity index (χ1) is 8.99. The molecule has 1 aromatic heterocycles. The van der Waals surface area contributed by atoms with E-state index in [-0.39, 0.29) is 10.6 Å². The molecule has 0 bridgehead atoms. The molecule has 6 heteroatoms. The molecule has 2 rings (SSSR count). The second-order valence-electron chi connectivity index (χ2n) is 5.21. The van der Waals surface area contributed by atoms with Crippen molar-refractivity contribution in [1.82, 2.24) is 15.2 Å². The van der Waals surface area contributed by atoms with E-state index in [1.54, 1.807) is 20.0 Å². The van der Waals surface area contributed by atoms with Crippen molar-refractivity contribution >= 4 is 5.69 Å². The molecule has 1 saturated heterocycles. The Kier molecular flexibility index (Phi) is 4.11. The Morgan fingerprint density at radius 2 is 2.32 bits per heavy atom. The summed E-state index contributed by atoms with van der Waals surface area (Å²) in [6, 6.07) is 0.453. The molecule has 1 N–H and O–H groups in total. The lowest BCUT2D eigenvalue weighted by Crippen LogP contribution is -2.48. The van der Waals surface area contributed by atoms with Gasteiger partial charge in [0, 0.05) is 49.5 Å². The molecule has 1 aliphatic heterocycles. The van der Waals surface area contributed by atoms with Crippen LogP contribution in [0.25, 0.3) is 0 Å². The van der Waals surface area contributed by atoms with Crippen LogP contribution in [0.2, 0.25) is 0 Å². The zero-order chi connectivity index (χ0) is 14.0. The van der Waals surface area contributed by atoms with Crippen molar-refractivity contribution in [2.45, 2.75) is 33.4 Å². The van der Waals surface area contributed by atoms with E-state index in [2.05, 4.69) is 22.1 Å². The van der Waals surface area contributed by atoms with E-state index in [0.29, 0.717) is 23.7 Å². The molecule has 0 amide bonds. The summed E-state index contributed by atoms with van der Waals surface area (Å²) in [6.45, 7) is 9.20. The molecule has 19 heavy (non-hydrogen) atoms. The summed E-state index contributed by atoms with van der Waals surface area (Å²) in [5, 5.41) is 14.5. The van der Waals surface area contributed by atoms with Crippen LogP contribution >= 0.6 is 0 Å². The van der Waals surface area contributed by atoms with Crippen LogP contribution in [0, 0.1) is 24.0 Å². The highest BCUT2D eigenvalue weighted by molar-refractivity contribution is 5.47. The molecular weight excluding hydrogens is 244 g/mol. The number of piperazine rings is 1. The largest absolute Gasteiger partial charge is 0.312 e. The van der Waals surface area contributed by atoms with Crippen LogP contribution in [-0.4, -0.2) is 40.5 Å². The zero-order valence-corrected chi connectivity index (χ0v) is 11.6. The maximum atomic E-state index is 11.1. The fourth-order valence-corrected chi connectivity index (χ4v) is 2.57. The van der Waals surface area contributed by atoms with E-state index in [4.69, 9.17) is 0 Å². The van der Waals surface area contributed by atoms with Gasteiger partial charge < -0.3 is 5.32 Å². The minimum Gasteiger partial charge on any atom is -0.312 e. The zero-order valence-electron chi connectivity index (χ0n) is 11.6. The molecule has 0 radical (unpaired) electrons. The van der Waals surface area contributed by atoms with Crippen molar-refractivity contribution in [3.8, 4) is 0 Å². The summed E-state index contributed by atoms with van der Waals surface area (Å²) in [5.41, 5.74) is 2.33. The van der Waals surface area contributed by atoms with E-state index in [9.17, 15) is 10.1 Å². The van der Waals surface area contributed by atoms with Gasteiger partial charge in [0.15, 0.2) is 0 Å². The van der Waals surface area contributed by atoms with Crippen molar-refractivity contribution in [2.24, 2.45) is 0 Å². The number of nitrogens with zero attached hydrogens (tertiary/aromatic N) is 3. The summed E-state index contributed by atoms with van der Waals surface area (Å²) in [5.74, 6) is 0. The first kappa shape index (κ1) is 13.9. The molecule has 0 aliphatic carbocycles. The fourth-order valence-electron chi connectivity index (χ4n) is 2.57. The van der Waals surface area contributed by atoms with Gasteiger partial charge in [0.2, 0.25) is 0 Å². The maximum Gasteiger partial charge on any atom is 0.278 e. The molecule has 2 heterocycles. The molecule has 104 valence electrons. The Hall–Kier alpha value is -1.53. The molecule has 0 saturated carbocycles. The lowest BCUT2D eigenvalue weighted by molar-refractivity contribution is -0.386. The Bertz CT molecular complexity index is 490. The van der Waals surface area contributed by atoms with Gasteiger partial charge >= 0.3 is 0 Å². The van der Waals surface area contributed by atoms with Crippen LogP contribution in [0.3, 0.4) is 0 Å². The lowest BCUT2D eigenvalue weighted by Gasteiger charge is -2.31. The van der Waals surface area contributed by atoms with Gasteiger partial charge in [0.05, 0.1) is 10.6 Å². The molecule has 1 unspecified atom stereocenters. The Balaban J connectivity index is 2.21. The average molecular weight is 264 g/mol. The standard InChI is InChI=1S/C13H20N4O2/c1-9-6-15-12(11(3)13(9)17(18)19)8-16-5-4-14-10(2)7-16/h6,10,14H,4-5,7-8H2,1-3H3. The molecule has 1 fully saturated rings. The summed E-state index contributed by atoms with van der Waals surface area (Å²) < 4.78 is 0. The topological polar surface area (TPSA) is 71.3 Å². The van der Waals surface area contributed by atoms with E-state index in [1.165, 1.54) is 0 Å². The molecule has 0 spiro atoms. The second-order valence-corrected chi connectivity index (χ2v) is 5.21. The molecule has 0 aromatic carbocycles. The summed E-state index contributed by atoms with van der Waals surface area (Å²) in [6.07, 6.45) is 1.60. The molecule has 1 aliphatic rings. The van der Waals surface area contributed by atoms with Gasteiger partial charge in [-0.3, -0.25) is 20.0 Å². The molecule has 1 aromatic rings. The Morgan fingerprint density at radius 3 is 2.95 bits per heavy atom. The number of nitrogens with one attached hydrogen (secondary N) is 1. The van der Waals surface area contributed by atoms with Gasteiger partial charge in [-0.05, 0) is 20.8 Å². The van der Waals surface area contributed by atoms with E-state index in [0.717, 1.165) is 25.3 Å². The van der Waals surface area contributed by atoms with Crippen LogP contribution in [0.15, 0.2) is 6.20 Å². The van der Waals surface area contributed by atoms with Crippen LogP contribution < -0.4 is 5.32 Å². The van der Waals surface area contributed by atoms with Gasteiger partial charge in [0.1, 0.15) is 0 Å².